The lowest BCUT2D eigenvalue weighted by atomic mass is 10.4. The second-order valence-electron chi connectivity index (χ2n) is 4.50. The number of rotatable bonds is 5. The molecule has 4 nitrogen and oxygen atoms in total. The summed E-state index contributed by atoms with van der Waals surface area (Å²) in [5.41, 5.74) is 0. The number of aliphatic hydroxyl groups is 1. The van der Waals surface area contributed by atoms with Crippen molar-refractivity contribution in [2.45, 2.75) is 25.4 Å². The summed E-state index contributed by atoms with van der Waals surface area (Å²) in [4.78, 5) is 12.0. The predicted octanol–water partition coefficient (Wildman–Crippen LogP) is 2.30. The van der Waals surface area contributed by atoms with Gasteiger partial charge in [0.2, 0.25) is 0 Å². The van der Waals surface area contributed by atoms with Crippen molar-refractivity contribution in [1.82, 2.24) is 14.9 Å². The van der Waals surface area contributed by atoms with Crippen molar-refractivity contribution in [3.63, 3.8) is 0 Å². The van der Waals surface area contributed by atoms with Gasteiger partial charge in [-0.25, -0.2) is 9.97 Å². The maximum absolute atomic E-state index is 9.08. The van der Waals surface area contributed by atoms with Crippen molar-refractivity contribution < 1.29 is 5.11 Å². The fourth-order valence-corrected chi connectivity index (χ4v) is 3.16. The van der Waals surface area contributed by atoms with Crippen LogP contribution in [0.1, 0.15) is 18.7 Å². The highest BCUT2D eigenvalue weighted by molar-refractivity contribution is 7.16. The normalized spacial score (nSPS) is 15.7. The van der Waals surface area contributed by atoms with Gasteiger partial charge in [0.25, 0.3) is 0 Å². The molecule has 96 valence electrons. The average Bonchev–Trinajstić information content (AvgIpc) is 3.08. The summed E-state index contributed by atoms with van der Waals surface area (Å²) < 4.78 is 0. The van der Waals surface area contributed by atoms with Gasteiger partial charge >= 0.3 is 0 Å². The molecule has 0 bridgehead atoms. The average molecular weight is 284 g/mol. The number of aliphatic hydroxyl groups excluding tert-OH is 1. The van der Waals surface area contributed by atoms with E-state index in [4.69, 9.17) is 16.7 Å². The number of nitrogens with zero attached hydrogens (tertiary/aromatic N) is 3. The Bertz CT molecular complexity index is 555. The quantitative estimate of drug-likeness (QED) is 0.856. The number of hydrogen-bond donors (Lipinski definition) is 1. The van der Waals surface area contributed by atoms with E-state index in [-0.39, 0.29) is 6.61 Å². The highest BCUT2D eigenvalue weighted by Crippen LogP contribution is 2.29. The van der Waals surface area contributed by atoms with Crippen molar-refractivity contribution in [3.05, 3.63) is 22.4 Å². The van der Waals surface area contributed by atoms with Gasteiger partial charge in [-0.05, 0) is 24.3 Å². The molecule has 0 aromatic carbocycles. The van der Waals surface area contributed by atoms with E-state index in [1.165, 1.54) is 12.8 Å². The molecule has 0 unspecified atom stereocenters. The summed E-state index contributed by atoms with van der Waals surface area (Å²) in [6, 6.07) is 2.52. The Morgan fingerprint density at radius 3 is 3.00 bits per heavy atom. The Kier molecular flexibility index (Phi) is 3.48. The molecule has 0 amide bonds. The smallest absolute Gasteiger partial charge is 0.145 e. The lowest BCUT2D eigenvalue weighted by Gasteiger charge is -2.19. The van der Waals surface area contributed by atoms with E-state index in [1.54, 1.807) is 11.3 Å². The Labute approximate surface area is 114 Å². The van der Waals surface area contributed by atoms with Gasteiger partial charge in [0, 0.05) is 18.0 Å². The second kappa shape index (κ2) is 5.09. The van der Waals surface area contributed by atoms with Crippen molar-refractivity contribution in [2.75, 3.05) is 13.2 Å². The summed E-state index contributed by atoms with van der Waals surface area (Å²) in [5.74, 6) is 0.746. The molecule has 0 radical (unpaired) electrons. The van der Waals surface area contributed by atoms with Gasteiger partial charge in [0.05, 0.1) is 13.2 Å². The Morgan fingerprint density at radius 2 is 2.28 bits per heavy atom. The van der Waals surface area contributed by atoms with Crippen LogP contribution in [0.5, 0.6) is 0 Å². The maximum atomic E-state index is 9.08. The number of aromatic nitrogens is 2. The molecule has 18 heavy (non-hydrogen) atoms. The third-order valence-electron chi connectivity index (χ3n) is 3.12. The summed E-state index contributed by atoms with van der Waals surface area (Å²) >= 11 is 7.72. The minimum absolute atomic E-state index is 0.172. The van der Waals surface area contributed by atoms with Crippen LogP contribution < -0.4 is 0 Å². The highest BCUT2D eigenvalue weighted by atomic mass is 35.5. The van der Waals surface area contributed by atoms with Gasteiger partial charge in [-0.2, -0.15) is 0 Å². The zero-order valence-corrected chi connectivity index (χ0v) is 11.4. The van der Waals surface area contributed by atoms with Gasteiger partial charge in [0.15, 0.2) is 0 Å². The third-order valence-corrected chi connectivity index (χ3v) is 4.21. The molecule has 1 saturated carbocycles. The number of fused-ring (bicyclic) bond motifs is 1. The monoisotopic (exact) mass is 283 g/mol. The first-order valence-corrected chi connectivity index (χ1v) is 7.28. The standard InChI is InChI=1S/C12H14ClN3OS/c13-11-9-3-6-18-12(9)15-10(14-11)7-16(4-5-17)8-1-2-8/h3,6,8,17H,1-2,4-5,7H2. The van der Waals surface area contributed by atoms with Crippen LogP contribution in [0.4, 0.5) is 0 Å². The molecule has 3 rings (SSSR count). The van der Waals surface area contributed by atoms with Crippen LogP contribution in [-0.4, -0.2) is 39.2 Å². The number of halogens is 1. The van der Waals surface area contributed by atoms with Crippen molar-refractivity contribution >= 4 is 33.2 Å². The number of hydrogen-bond acceptors (Lipinski definition) is 5. The topological polar surface area (TPSA) is 49.2 Å². The molecule has 0 saturated heterocycles. The summed E-state index contributed by atoms with van der Waals surface area (Å²) in [7, 11) is 0. The summed E-state index contributed by atoms with van der Waals surface area (Å²) in [6.45, 7) is 1.51. The van der Waals surface area contributed by atoms with E-state index >= 15 is 0 Å². The first-order valence-electron chi connectivity index (χ1n) is 6.02. The molecule has 2 aromatic rings. The van der Waals surface area contributed by atoms with Gasteiger partial charge in [0.1, 0.15) is 15.8 Å². The Balaban J connectivity index is 1.84. The molecule has 2 aromatic heterocycles. The van der Waals surface area contributed by atoms with Crippen LogP contribution in [0.25, 0.3) is 10.2 Å². The zero-order valence-electron chi connectivity index (χ0n) is 9.84. The van der Waals surface area contributed by atoms with Crippen LogP contribution in [0, 0.1) is 0 Å². The fraction of sp³-hybridized carbons (Fsp3) is 0.500. The molecular weight excluding hydrogens is 270 g/mol. The summed E-state index contributed by atoms with van der Waals surface area (Å²) in [5, 5.41) is 12.5. The maximum Gasteiger partial charge on any atom is 0.145 e. The van der Waals surface area contributed by atoms with Crippen LogP contribution in [0.15, 0.2) is 11.4 Å². The van der Waals surface area contributed by atoms with Gasteiger partial charge in [-0.3, -0.25) is 4.90 Å². The Hall–Kier alpha value is -0.750. The van der Waals surface area contributed by atoms with Crippen LogP contribution in [-0.2, 0) is 6.54 Å². The zero-order chi connectivity index (χ0) is 12.5. The fourth-order valence-electron chi connectivity index (χ4n) is 2.07. The molecule has 1 N–H and O–H groups in total. The van der Waals surface area contributed by atoms with E-state index in [1.807, 2.05) is 11.4 Å². The Morgan fingerprint density at radius 1 is 1.44 bits per heavy atom. The van der Waals surface area contributed by atoms with Gasteiger partial charge < -0.3 is 5.11 Å². The van der Waals surface area contributed by atoms with Crippen molar-refractivity contribution in [3.8, 4) is 0 Å². The third kappa shape index (κ3) is 2.49. The molecule has 1 aliphatic carbocycles. The van der Waals surface area contributed by atoms with E-state index < -0.39 is 0 Å². The van der Waals surface area contributed by atoms with Crippen molar-refractivity contribution in [1.29, 1.82) is 0 Å². The van der Waals surface area contributed by atoms with E-state index in [0.717, 1.165) is 16.0 Å². The first kappa shape index (κ1) is 12.3. The largest absolute Gasteiger partial charge is 0.395 e. The van der Waals surface area contributed by atoms with Crippen LogP contribution in [0.2, 0.25) is 5.15 Å². The van der Waals surface area contributed by atoms with E-state index in [9.17, 15) is 0 Å². The molecule has 1 aliphatic rings. The van der Waals surface area contributed by atoms with E-state index in [0.29, 0.717) is 24.3 Å². The predicted molar refractivity (Wildman–Crippen MR) is 72.9 cm³/mol. The molecule has 6 heteroatoms. The summed E-state index contributed by atoms with van der Waals surface area (Å²) in [6.07, 6.45) is 2.41. The molecule has 0 atom stereocenters. The molecule has 0 aliphatic heterocycles. The second-order valence-corrected chi connectivity index (χ2v) is 5.75. The minimum atomic E-state index is 0.172. The first-order chi connectivity index (χ1) is 8.78. The SMILES string of the molecule is OCCN(Cc1nc(Cl)c2ccsc2n1)C1CC1. The molecule has 0 spiro atoms. The lowest BCUT2D eigenvalue weighted by molar-refractivity contribution is 0.180. The van der Waals surface area contributed by atoms with Crippen LogP contribution >= 0.6 is 22.9 Å². The van der Waals surface area contributed by atoms with Crippen LogP contribution in [0.3, 0.4) is 0 Å². The lowest BCUT2D eigenvalue weighted by Crippen LogP contribution is -2.29. The number of thiophene rings is 1. The van der Waals surface area contributed by atoms with E-state index in [2.05, 4.69) is 14.9 Å². The van der Waals surface area contributed by atoms with Gasteiger partial charge in [-0.1, -0.05) is 11.6 Å². The minimum Gasteiger partial charge on any atom is -0.395 e. The van der Waals surface area contributed by atoms with Gasteiger partial charge in [-0.15, -0.1) is 11.3 Å². The molecule has 1 fully saturated rings. The highest BCUT2D eigenvalue weighted by Gasteiger charge is 2.29. The molecule has 2 heterocycles. The van der Waals surface area contributed by atoms with Crippen molar-refractivity contribution in [2.24, 2.45) is 0 Å². The molecular formula is C12H14ClN3OS.